The van der Waals surface area contributed by atoms with E-state index >= 15 is 0 Å². The molecule has 1 aliphatic carbocycles. The van der Waals surface area contributed by atoms with Gasteiger partial charge in [0.2, 0.25) is 17.7 Å². The maximum absolute atomic E-state index is 11.9. The van der Waals surface area contributed by atoms with Crippen LogP contribution in [0.3, 0.4) is 0 Å². The lowest BCUT2D eigenvalue weighted by Crippen LogP contribution is -2.28. The molecule has 1 aliphatic heterocycles. The standard InChI is InChI=1S/C15H18N2O3S/c18-13(6-10-7-14(19)17-15(10)20)16-8-11-5-9-3-1-2-4-12(9)21-11/h5,10H,1-4,6-8H2,(H,16,18)(H,17,19,20). The zero-order valence-electron chi connectivity index (χ0n) is 11.7. The van der Waals surface area contributed by atoms with Gasteiger partial charge in [0, 0.05) is 22.6 Å². The maximum atomic E-state index is 11.9. The highest BCUT2D eigenvalue weighted by Gasteiger charge is 2.32. The Kier molecular flexibility index (Phi) is 4.05. The summed E-state index contributed by atoms with van der Waals surface area (Å²) in [5, 5.41) is 5.07. The predicted octanol–water partition coefficient (Wildman–Crippen LogP) is 1.30. The molecule has 0 spiro atoms. The number of nitrogens with one attached hydrogen (secondary N) is 2. The van der Waals surface area contributed by atoms with Crippen LogP contribution < -0.4 is 10.6 Å². The summed E-state index contributed by atoms with van der Waals surface area (Å²) in [6, 6.07) is 2.19. The number of carbonyl (C=O) groups is 3. The first-order chi connectivity index (χ1) is 10.1. The number of fused-ring (bicyclic) bond motifs is 1. The van der Waals surface area contributed by atoms with Crippen molar-refractivity contribution in [2.75, 3.05) is 0 Å². The number of aryl methyl sites for hydroxylation is 2. The van der Waals surface area contributed by atoms with Crippen LogP contribution in [0.1, 0.15) is 41.0 Å². The fourth-order valence-electron chi connectivity index (χ4n) is 2.89. The molecule has 2 aliphatic rings. The highest BCUT2D eigenvalue weighted by molar-refractivity contribution is 7.12. The molecular weight excluding hydrogens is 288 g/mol. The van der Waals surface area contributed by atoms with Crippen molar-refractivity contribution in [2.24, 2.45) is 5.92 Å². The normalized spacial score (nSPS) is 21.0. The summed E-state index contributed by atoms with van der Waals surface area (Å²) in [6.07, 6.45) is 5.01. The lowest BCUT2D eigenvalue weighted by Gasteiger charge is -2.08. The Morgan fingerprint density at radius 3 is 2.86 bits per heavy atom. The van der Waals surface area contributed by atoms with E-state index in [0.717, 1.165) is 12.8 Å². The minimum Gasteiger partial charge on any atom is -0.351 e. The van der Waals surface area contributed by atoms with Gasteiger partial charge in [-0.3, -0.25) is 19.7 Å². The van der Waals surface area contributed by atoms with Gasteiger partial charge in [-0.2, -0.15) is 0 Å². The van der Waals surface area contributed by atoms with Gasteiger partial charge in [-0.1, -0.05) is 0 Å². The van der Waals surface area contributed by atoms with Gasteiger partial charge in [-0.05, 0) is 37.3 Å². The number of thiophene rings is 1. The van der Waals surface area contributed by atoms with E-state index < -0.39 is 5.92 Å². The molecule has 2 N–H and O–H groups in total. The number of carbonyl (C=O) groups excluding carboxylic acids is 3. The molecule has 1 unspecified atom stereocenters. The largest absolute Gasteiger partial charge is 0.351 e. The fourth-order valence-corrected chi connectivity index (χ4v) is 4.09. The Hall–Kier alpha value is -1.69. The van der Waals surface area contributed by atoms with E-state index in [0.29, 0.717) is 6.54 Å². The minimum absolute atomic E-state index is 0.0860. The zero-order valence-corrected chi connectivity index (χ0v) is 12.6. The van der Waals surface area contributed by atoms with E-state index in [-0.39, 0.29) is 30.6 Å². The quantitative estimate of drug-likeness (QED) is 0.823. The second kappa shape index (κ2) is 5.97. The highest BCUT2D eigenvalue weighted by Crippen LogP contribution is 2.29. The first-order valence-corrected chi connectivity index (χ1v) is 8.14. The molecule has 21 heavy (non-hydrogen) atoms. The molecule has 5 nitrogen and oxygen atoms in total. The molecule has 1 aromatic rings. The van der Waals surface area contributed by atoms with Crippen molar-refractivity contribution >= 4 is 29.1 Å². The molecule has 1 aromatic heterocycles. The number of rotatable bonds is 4. The van der Waals surface area contributed by atoms with Crippen LogP contribution in [0.15, 0.2) is 6.07 Å². The second-order valence-corrected chi connectivity index (χ2v) is 6.88. The molecule has 112 valence electrons. The molecule has 6 heteroatoms. The third-order valence-corrected chi connectivity index (χ3v) is 5.24. The highest BCUT2D eigenvalue weighted by atomic mass is 32.1. The van der Waals surface area contributed by atoms with Crippen molar-refractivity contribution in [2.45, 2.75) is 45.1 Å². The molecule has 1 fully saturated rings. The van der Waals surface area contributed by atoms with Crippen molar-refractivity contribution in [3.63, 3.8) is 0 Å². The van der Waals surface area contributed by atoms with Crippen molar-refractivity contribution in [1.82, 2.24) is 10.6 Å². The Morgan fingerprint density at radius 2 is 2.14 bits per heavy atom. The molecule has 0 bridgehead atoms. The van der Waals surface area contributed by atoms with Crippen molar-refractivity contribution in [3.05, 3.63) is 21.4 Å². The summed E-state index contributed by atoms with van der Waals surface area (Å²) in [4.78, 5) is 37.0. The van der Waals surface area contributed by atoms with Crippen LogP contribution in [0.2, 0.25) is 0 Å². The Bertz CT molecular complexity index is 570. The second-order valence-electron chi connectivity index (χ2n) is 5.66. The van der Waals surface area contributed by atoms with Crippen LogP contribution in [0.4, 0.5) is 0 Å². The van der Waals surface area contributed by atoms with Crippen LogP contribution in [0.5, 0.6) is 0 Å². The van der Waals surface area contributed by atoms with Crippen molar-refractivity contribution in [1.29, 1.82) is 0 Å². The molecule has 0 aromatic carbocycles. The monoisotopic (exact) mass is 306 g/mol. The Labute approximate surface area is 127 Å². The van der Waals surface area contributed by atoms with E-state index in [1.54, 1.807) is 11.3 Å². The lowest BCUT2D eigenvalue weighted by atomic mass is 9.99. The number of hydrogen-bond acceptors (Lipinski definition) is 4. The molecule has 3 rings (SSSR count). The average molecular weight is 306 g/mol. The van der Waals surface area contributed by atoms with Gasteiger partial charge in [-0.15, -0.1) is 11.3 Å². The van der Waals surface area contributed by atoms with Gasteiger partial charge in [-0.25, -0.2) is 0 Å². The van der Waals surface area contributed by atoms with Gasteiger partial charge in [0.1, 0.15) is 0 Å². The summed E-state index contributed by atoms with van der Waals surface area (Å²) in [6.45, 7) is 0.513. The van der Waals surface area contributed by atoms with Gasteiger partial charge in [0.05, 0.1) is 12.5 Å². The van der Waals surface area contributed by atoms with Crippen LogP contribution in [-0.2, 0) is 33.8 Å². The lowest BCUT2D eigenvalue weighted by molar-refractivity contribution is -0.129. The Balaban J connectivity index is 1.50. The zero-order chi connectivity index (χ0) is 14.8. The third kappa shape index (κ3) is 3.32. The SMILES string of the molecule is O=C(CC1CC(=O)NC1=O)NCc1cc2c(s1)CCCC2. The topological polar surface area (TPSA) is 75.3 Å². The van der Waals surface area contributed by atoms with E-state index in [9.17, 15) is 14.4 Å². The summed E-state index contributed by atoms with van der Waals surface area (Å²) >= 11 is 1.77. The molecular formula is C15H18N2O3S. The fraction of sp³-hybridized carbons (Fsp3) is 0.533. The Morgan fingerprint density at radius 1 is 1.33 bits per heavy atom. The minimum atomic E-state index is -0.506. The predicted molar refractivity (Wildman–Crippen MR) is 78.7 cm³/mol. The molecule has 0 saturated carbocycles. The summed E-state index contributed by atoms with van der Waals surface area (Å²) in [5.74, 6) is -1.30. The van der Waals surface area contributed by atoms with E-state index in [1.165, 1.54) is 28.2 Å². The molecule has 1 saturated heterocycles. The van der Waals surface area contributed by atoms with Crippen LogP contribution in [-0.4, -0.2) is 17.7 Å². The van der Waals surface area contributed by atoms with Gasteiger partial charge in [0.25, 0.3) is 0 Å². The molecule has 1 atom stereocenters. The summed E-state index contributed by atoms with van der Waals surface area (Å²) in [5.41, 5.74) is 1.43. The van der Waals surface area contributed by atoms with E-state index in [2.05, 4.69) is 16.7 Å². The number of hydrogen-bond donors (Lipinski definition) is 2. The first-order valence-electron chi connectivity index (χ1n) is 7.32. The first kappa shape index (κ1) is 14.3. The average Bonchev–Trinajstić information content (AvgIpc) is 2.99. The smallest absolute Gasteiger partial charge is 0.230 e. The summed E-state index contributed by atoms with van der Waals surface area (Å²) in [7, 11) is 0. The van der Waals surface area contributed by atoms with Gasteiger partial charge < -0.3 is 5.32 Å². The van der Waals surface area contributed by atoms with Gasteiger partial charge >= 0.3 is 0 Å². The van der Waals surface area contributed by atoms with E-state index in [1.807, 2.05) is 0 Å². The molecule has 3 amide bonds. The maximum Gasteiger partial charge on any atom is 0.230 e. The van der Waals surface area contributed by atoms with Crippen LogP contribution in [0, 0.1) is 5.92 Å². The van der Waals surface area contributed by atoms with Crippen molar-refractivity contribution in [3.8, 4) is 0 Å². The molecule has 2 heterocycles. The van der Waals surface area contributed by atoms with Crippen LogP contribution in [0.25, 0.3) is 0 Å². The van der Waals surface area contributed by atoms with Crippen molar-refractivity contribution < 1.29 is 14.4 Å². The molecule has 0 radical (unpaired) electrons. The number of imide groups is 1. The van der Waals surface area contributed by atoms with Gasteiger partial charge in [0.15, 0.2) is 0 Å². The summed E-state index contributed by atoms with van der Waals surface area (Å²) < 4.78 is 0. The van der Waals surface area contributed by atoms with Crippen LogP contribution >= 0.6 is 11.3 Å². The third-order valence-electron chi connectivity index (χ3n) is 4.00. The van der Waals surface area contributed by atoms with E-state index in [4.69, 9.17) is 0 Å². The number of amides is 3.